The Morgan fingerprint density at radius 3 is 2.48 bits per heavy atom. The van der Waals surface area contributed by atoms with E-state index in [-0.39, 0.29) is 56.2 Å². The van der Waals surface area contributed by atoms with Crippen molar-refractivity contribution in [1.82, 2.24) is 24.6 Å². The minimum atomic E-state index is -2.83. The third kappa shape index (κ3) is 7.44. The molecule has 2 aromatic heterocycles. The molecular weight excluding hydrogens is 648 g/mol. The van der Waals surface area contributed by atoms with Crippen LogP contribution < -0.4 is 15.6 Å². The minimum Gasteiger partial charge on any atom is -0.366 e. The first-order chi connectivity index (χ1) is 21.8. The molecule has 244 valence electrons. The summed E-state index contributed by atoms with van der Waals surface area (Å²) in [6.07, 6.45) is -1.36. The summed E-state index contributed by atoms with van der Waals surface area (Å²) >= 11 is 6.58. The Hall–Kier alpha value is -3.77. The van der Waals surface area contributed by atoms with Gasteiger partial charge in [0.2, 0.25) is 0 Å². The van der Waals surface area contributed by atoms with Gasteiger partial charge in [-0.2, -0.15) is 5.10 Å². The van der Waals surface area contributed by atoms with Crippen molar-refractivity contribution in [2.24, 2.45) is 0 Å². The molecule has 0 aliphatic heterocycles. The molecule has 0 saturated heterocycles. The molecule has 0 radical (unpaired) electrons. The number of ether oxygens (including phenoxy) is 1. The second-order valence-corrected chi connectivity index (χ2v) is 13.1. The third-order valence-corrected chi connectivity index (χ3v) is 9.15. The van der Waals surface area contributed by atoms with E-state index in [9.17, 15) is 26.6 Å². The van der Waals surface area contributed by atoms with Gasteiger partial charge in [-0.25, -0.2) is 26.8 Å². The third-order valence-electron chi connectivity index (χ3n) is 7.37. The number of fused-ring (bicyclic) bond motifs is 1. The van der Waals surface area contributed by atoms with Gasteiger partial charge in [-0.15, -0.1) is 0 Å². The average molecular weight is 679 g/mol. The van der Waals surface area contributed by atoms with E-state index in [4.69, 9.17) is 16.3 Å². The predicted octanol–water partition coefficient (Wildman–Crippen LogP) is 5.30. The summed E-state index contributed by atoms with van der Waals surface area (Å²) in [7, 11) is 1.53. The first kappa shape index (κ1) is 33.6. The number of aromatic nitrogens is 4. The van der Waals surface area contributed by atoms with Crippen molar-refractivity contribution in [3.05, 3.63) is 80.5 Å². The second kappa shape index (κ2) is 13.5. The van der Waals surface area contributed by atoms with Crippen molar-refractivity contribution in [2.45, 2.75) is 63.0 Å². The number of hydrogen-bond acceptors (Lipinski definition) is 6. The fourth-order valence-corrected chi connectivity index (χ4v) is 6.14. The summed E-state index contributed by atoms with van der Waals surface area (Å²) in [6.45, 7) is 2.60. The maximum atomic E-state index is 14.1. The number of nitrogens with one attached hydrogen (secondary N) is 2. The SMILES string of the molecule is CNC(Cc1cc(F)cc(F)c1)c1nc(C#CC(C)(C)OC)cc(=O)n1-c1ccc(Cl)c2c(NS(=O)C3CC3)nn(CC(F)F)c12. The van der Waals surface area contributed by atoms with Gasteiger partial charge in [0.1, 0.15) is 46.3 Å². The Morgan fingerprint density at radius 2 is 1.87 bits per heavy atom. The number of hydrogen-bond donors (Lipinski definition) is 2. The van der Waals surface area contributed by atoms with Crippen LogP contribution in [0.25, 0.3) is 16.6 Å². The topological polar surface area (TPSA) is 103 Å². The van der Waals surface area contributed by atoms with Gasteiger partial charge in [0.25, 0.3) is 12.0 Å². The van der Waals surface area contributed by atoms with Gasteiger partial charge in [0.05, 0.1) is 32.9 Å². The quantitative estimate of drug-likeness (QED) is 0.165. The molecule has 5 rings (SSSR count). The molecule has 2 aromatic carbocycles. The number of halogens is 5. The lowest BCUT2D eigenvalue weighted by Crippen LogP contribution is -2.31. The van der Waals surface area contributed by atoms with E-state index < -0.39 is 52.8 Å². The zero-order chi connectivity index (χ0) is 33.3. The number of alkyl halides is 2. The van der Waals surface area contributed by atoms with Gasteiger partial charge in [-0.3, -0.25) is 18.8 Å². The number of benzene rings is 2. The molecule has 0 spiro atoms. The fraction of sp³-hybridized carbons (Fsp3) is 0.387. The van der Waals surface area contributed by atoms with Gasteiger partial charge < -0.3 is 10.1 Å². The molecule has 0 bridgehead atoms. The van der Waals surface area contributed by atoms with Crippen LogP contribution >= 0.6 is 11.6 Å². The molecular formula is C31H31ClF4N6O3S. The molecule has 2 N–H and O–H groups in total. The monoisotopic (exact) mass is 678 g/mol. The van der Waals surface area contributed by atoms with Gasteiger partial charge in [0, 0.05) is 19.2 Å². The predicted molar refractivity (Wildman–Crippen MR) is 169 cm³/mol. The van der Waals surface area contributed by atoms with E-state index in [2.05, 4.69) is 32.0 Å². The van der Waals surface area contributed by atoms with E-state index in [1.165, 1.54) is 29.9 Å². The van der Waals surface area contributed by atoms with E-state index in [1.54, 1.807) is 20.9 Å². The Morgan fingerprint density at radius 1 is 1.17 bits per heavy atom. The van der Waals surface area contributed by atoms with Crippen molar-refractivity contribution < 1.29 is 26.5 Å². The van der Waals surface area contributed by atoms with Gasteiger partial charge in [0.15, 0.2) is 5.82 Å². The maximum absolute atomic E-state index is 14.1. The molecule has 1 aliphatic rings. The van der Waals surface area contributed by atoms with Gasteiger partial charge in [-0.05, 0) is 75.9 Å². The molecule has 46 heavy (non-hydrogen) atoms. The molecule has 9 nitrogen and oxygen atoms in total. The van der Waals surface area contributed by atoms with Gasteiger partial charge in [-0.1, -0.05) is 17.5 Å². The smallest absolute Gasteiger partial charge is 0.259 e. The molecule has 2 heterocycles. The summed E-state index contributed by atoms with van der Waals surface area (Å²) in [6, 6.07) is 6.37. The highest BCUT2D eigenvalue weighted by Crippen LogP contribution is 2.37. The largest absolute Gasteiger partial charge is 0.366 e. The van der Waals surface area contributed by atoms with Crippen LogP contribution in [0.3, 0.4) is 0 Å². The molecule has 2 unspecified atom stereocenters. The minimum absolute atomic E-state index is 0.0156. The lowest BCUT2D eigenvalue weighted by molar-refractivity contribution is 0.0741. The van der Waals surface area contributed by atoms with Crippen LogP contribution in [0.1, 0.15) is 49.8 Å². The zero-order valence-corrected chi connectivity index (χ0v) is 26.9. The Bertz CT molecular complexity index is 1910. The number of likely N-dealkylation sites (N-methyl/N-ethyl adjacent to an activating group) is 1. The van der Waals surface area contributed by atoms with E-state index >= 15 is 0 Å². The van der Waals surface area contributed by atoms with Crippen molar-refractivity contribution in [1.29, 1.82) is 0 Å². The highest BCUT2D eigenvalue weighted by molar-refractivity contribution is 7.87. The van der Waals surface area contributed by atoms with Crippen LogP contribution in [0, 0.1) is 23.5 Å². The van der Waals surface area contributed by atoms with E-state index in [0.717, 1.165) is 35.7 Å². The lowest BCUT2D eigenvalue weighted by Gasteiger charge is -2.22. The number of anilines is 1. The van der Waals surface area contributed by atoms with E-state index in [0.29, 0.717) is 0 Å². The molecule has 0 amide bonds. The van der Waals surface area contributed by atoms with Gasteiger partial charge >= 0.3 is 0 Å². The molecule has 1 aliphatic carbocycles. The maximum Gasteiger partial charge on any atom is 0.259 e. The van der Waals surface area contributed by atoms with Crippen LogP contribution in [0.2, 0.25) is 5.02 Å². The van der Waals surface area contributed by atoms with Crippen LogP contribution in [0.5, 0.6) is 0 Å². The van der Waals surface area contributed by atoms with Crippen LogP contribution in [0.4, 0.5) is 23.4 Å². The number of nitrogens with zero attached hydrogens (tertiary/aromatic N) is 4. The summed E-state index contributed by atoms with van der Waals surface area (Å²) in [5.74, 6) is 4.30. The summed E-state index contributed by atoms with van der Waals surface area (Å²) in [5, 5.41) is 7.56. The molecule has 1 saturated carbocycles. The Balaban J connectivity index is 1.77. The average Bonchev–Trinajstić information content (AvgIpc) is 3.78. The highest BCUT2D eigenvalue weighted by Gasteiger charge is 2.31. The number of rotatable bonds is 11. The van der Waals surface area contributed by atoms with Crippen LogP contribution in [-0.4, -0.2) is 55.0 Å². The zero-order valence-electron chi connectivity index (χ0n) is 25.3. The Labute approximate surface area is 269 Å². The Kier molecular flexibility index (Phi) is 9.88. The highest BCUT2D eigenvalue weighted by atomic mass is 35.5. The van der Waals surface area contributed by atoms with Crippen molar-refractivity contribution in [3.63, 3.8) is 0 Å². The first-order valence-electron chi connectivity index (χ1n) is 14.3. The van der Waals surface area contributed by atoms with Crippen molar-refractivity contribution in [3.8, 4) is 17.5 Å². The second-order valence-electron chi connectivity index (χ2n) is 11.3. The summed E-state index contributed by atoms with van der Waals surface area (Å²) in [4.78, 5) is 18.7. The van der Waals surface area contributed by atoms with E-state index in [1.807, 2.05) is 0 Å². The van der Waals surface area contributed by atoms with Crippen LogP contribution in [0.15, 0.2) is 41.2 Å². The molecule has 4 aromatic rings. The normalized spacial score (nSPS) is 14.7. The molecule has 1 fully saturated rings. The molecule has 15 heteroatoms. The first-order valence-corrected chi connectivity index (χ1v) is 15.9. The number of methoxy groups -OCH3 is 1. The summed E-state index contributed by atoms with van der Waals surface area (Å²) < 4.78 is 79.1. The van der Waals surface area contributed by atoms with Crippen LogP contribution in [-0.2, 0) is 28.7 Å². The standard InChI is InChI=1S/C31H31ClF4N6O3S/c1-31(2,45-4)10-9-20-15-26(43)42(30(38-20)23(37-3)13-17-11-18(33)14-19(34)12-17)24-8-7-22(32)27-28(24)41(16-25(35)36)39-29(27)40-46(44)21-5-6-21/h7-8,11-12,14-15,21,23,25,37H,5-6,13,16H2,1-4H3,(H,39,40). The molecule has 2 atom stereocenters. The van der Waals surface area contributed by atoms with Crippen molar-refractivity contribution in [2.75, 3.05) is 18.9 Å². The van der Waals surface area contributed by atoms with Crippen molar-refractivity contribution >= 4 is 39.3 Å². The lowest BCUT2D eigenvalue weighted by atomic mass is 10.0. The summed E-state index contributed by atoms with van der Waals surface area (Å²) in [5.41, 5.74) is -0.966. The fourth-order valence-electron chi connectivity index (χ4n) is 4.83.